The predicted octanol–water partition coefficient (Wildman–Crippen LogP) is 1.47. The fourth-order valence-corrected chi connectivity index (χ4v) is 4.47. The van der Waals surface area contributed by atoms with Crippen molar-refractivity contribution in [2.45, 2.75) is 4.90 Å². The monoisotopic (exact) mass is 413 g/mol. The summed E-state index contributed by atoms with van der Waals surface area (Å²) >= 11 is 11.7. The van der Waals surface area contributed by atoms with E-state index in [0.717, 1.165) is 0 Å². The van der Waals surface area contributed by atoms with Gasteiger partial charge in [0.2, 0.25) is 15.9 Å². The number of nitrogens with one attached hydrogen (secondary N) is 1. The quantitative estimate of drug-likeness (QED) is 0.813. The molecule has 2 aliphatic heterocycles. The molecule has 1 aromatic rings. The zero-order valence-corrected chi connectivity index (χ0v) is 15.9. The SMILES string of the molecule is Cl.O=C(C1CNC1)N1CCN(S(=O)(=O)c2ccc(Cl)c(Cl)c2)CC1. The predicted molar refractivity (Wildman–Crippen MR) is 95.4 cm³/mol. The van der Waals surface area contributed by atoms with Crippen molar-refractivity contribution in [2.75, 3.05) is 39.3 Å². The molecule has 0 atom stereocenters. The molecule has 0 unspecified atom stereocenters. The van der Waals surface area contributed by atoms with Gasteiger partial charge in [0.15, 0.2) is 0 Å². The molecule has 134 valence electrons. The molecule has 6 nitrogen and oxygen atoms in total. The number of piperazine rings is 1. The van der Waals surface area contributed by atoms with Crippen LogP contribution < -0.4 is 5.32 Å². The third-order valence-corrected chi connectivity index (χ3v) is 6.84. The first-order chi connectivity index (χ1) is 10.9. The number of rotatable bonds is 3. The molecule has 0 aromatic heterocycles. The highest BCUT2D eigenvalue weighted by atomic mass is 35.5. The van der Waals surface area contributed by atoms with Gasteiger partial charge in [-0.05, 0) is 18.2 Å². The van der Waals surface area contributed by atoms with E-state index < -0.39 is 10.0 Å². The molecular formula is C14H18Cl3N3O3S. The Morgan fingerprint density at radius 3 is 2.21 bits per heavy atom. The summed E-state index contributed by atoms with van der Waals surface area (Å²) in [6.45, 7) is 2.82. The molecule has 2 saturated heterocycles. The summed E-state index contributed by atoms with van der Waals surface area (Å²) in [7, 11) is -3.62. The third-order valence-electron chi connectivity index (χ3n) is 4.21. The number of nitrogens with zero attached hydrogens (tertiary/aromatic N) is 2. The molecule has 10 heteroatoms. The molecular weight excluding hydrogens is 397 g/mol. The standard InChI is InChI=1S/C14H17Cl2N3O3S.ClH/c15-12-2-1-11(7-13(12)16)23(21,22)19-5-3-18(4-6-19)14(20)10-8-17-9-10;/h1-2,7,10,17H,3-6,8-9H2;1H. The largest absolute Gasteiger partial charge is 0.340 e. The van der Waals surface area contributed by atoms with E-state index in [4.69, 9.17) is 23.2 Å². The van der Waals surface area contributed by atoms with Crippen LogP contribution in [0.4, 0.5) is 0 Å². The van der Waals surface area contributed by atoms with Gasteiger partial charge in [0.1, 0.15) is 0 Å². The van der Waals surface area contributed by atoms with E-state index in [0.29, 0.717) is 31.2 Å². The van der Waals surface area contributed by atoms with E-state index >= 15 is 0 Å². The summed E-state index contributed by atoms with van der Waals surface area (Å²) in [5.74, 6) is 0.142. The molecule has 2 aliphatic rings. The first kappa shape index (κ1) is 19.8. The minimum atomic E-state index is -3.62. The van der Waals surface area contributed by atoms with Crippen molar-refractivity contribution in [3.05, 3.63) is 28.2 Å². The lowest BCUT2D eigenvalue weighted by Gasteiger charge is -2.37. The van der Waals surface area contributed by atoms with Crippen molar-refractivity contribution < 1.29 is 13.2 Å². The van der Waals surface area contributed by atoms with Crippen molar-refractivity contribution in [3.8, 4) is 0 Å². The number of carbonyl (C=O) groups is 1. The molecule has 0 radical (unpaired) electrons. The average Bonchev–Trinajstić information content (AvgIpc) is 2.48. The Labute approximate surface area is 157 Å². The Balaban J connectivity index is 0.00000208. The van der Waals surface area contributed by atoms with Crippen molar-refractivity contribution in [3.63, 3.8) is 0 Å². The lowest BCUT2D eigenvalue weighted by molar-refractivity contribution is -0.138. The fraction of sp³-hybridized carbons (Fsp3) is 0.500. The van der Waals surface area contributed by atoms with E-state index in [-0.39, 0.29) is 47.2 Å². The van der Waals surface area contributed by atoms with Crippen molar-refractivity contribution in [1.82, 2.24) is 14.5 Å². The molecule has 0 aliphatic carbocycles. The van der Waals surface area contributed by atoms with Crippen LogP contribution in [-0.4, -0.2) is 62.8 Å². The van der Waals surface area contributed by atoms with Crippen LogP contribution in [-0.2, 0) is 14.8 Å². The van der Waals surface area contributed by atoms with E-state index in [1.54, 1.807) is 4.90 Å². The molecule has 3 rings (SSSR count). The maximum atomic E-state index is 12.6. The second kappa shape index (κ2) is 7.76. The second-order valence-corrected chi connectivity index (χ2v) is 8.41. The number of hydrogen-bond donors (Lipinski definition) is 1. The zero-order chi connectivity index (χ0) is 16.6. The van der Waals surface area contributed by atoms with Crippen LogP contribution in [0.15, 0.2) is 23.1 Å². The number of hydrogen-bond acceptors (Lipinski definition) is 4. The van der Waals surface area contributed by atoms with Gasteiger partial charge in [-0.2, -0.15) is 4.31 Å². The van der Waals surface area contributed by atoms with Gasteiger partial charge in [0.25, 0.3) is 0 Å². The number of amides is 1. The minimum absolute atomic E-state index is 0. The van der Waals surface area contributed by atoms with Crippen LogP contribution >= 0.6 is 35.6 Å². The Kier molecular flexibility index (Phi) is 6.39. The van der Waals surface area contributed by atoms with Gasteiger partial charge in [-0.25, -0.2) is 8.42 Å². The summed E-state index contributed by atoms with van der Waals surface area (Å²) in [6, 6.07) is 4.28. The summed E-state index contributed by atoms with van der Waals surface area (Å²) in [4.78, 5) is 14.0. The number of carbonyl (C=O) groups excluding carboxylic acids is 1. The van der Waals surface area contributed by atoms with Crippen LogP contribution in [0.2, 0.25) is 10.0 Å². The Morgan fingerprint density at radius 2 is 1.71 bits per heavy atom. The summed E-state index contributed by atoms with van der Waals surface area (Å²) in [5, 5.41) is 3.59. The number of benzene rings is 1. The van der Waals surface area contributed by atoms with Gasteiger partial charge in [-0.15, -0.1) is 12.4 Å². The highest BCUT2D eigenvalue weighted by molar-refractivity contribution is 7.89. The highest BCUT2D eigenvalue weighted by Crippen LogP contribution is 2.27. The molecule has 2 fully saturated rings. The Bertz CT molecular complexity index is 717. The van der Waals surface area contributed by atoms with Gasteiger partial charge in [0.05, 0.1) is 20.9 Å². The van der Waals surface area contributed by atoms with Crippen molar-refractivity contribution in [1.29, 1.82) is 0 Å². The molecule has 1 amide bonds. The molecule has 24 heavy (non-hydrogen) atoms. The van der Waals surface area contributed by atoms with Crippen LogP contribution in [0.1, 0.15) is 0 Å². The highest BCUT2D eigenvalue weighted by Gasteiger charge is 2.34. The molecule has 2 heterocycles. The van der Waals surface area contributed by atoms with Crippen molar-refractivity contribution in [2.24, 2.45) is 5.92 Å². The van der Waals surface area contributed by atoms with Gasteiger partial charge in [0, 0.05) is 39.3 Å². The number of sulfonamides is 1. The fourth-order valence-electron chi connectivity index (χ4n) is 2.66. The molecule has 1 aromatic carbocycles. The lowest BCUT2D eigenvalue weighted by atomic mass is 10.0. The van der Waals surface area contributed by atoms with E-state index in [1.807, 2.05) is 0 Å². The zero-order valence-electron chi connectivity index (χ0n) is 12.7. The van der Waals surface area contributed by atoms with Gasteiger partial charge < -0.3 is 10.2 Å². The topological polar surface area (TPSA) is 69.7 Å². The van der Waals surface area contributed by atoms with Crippen LogP contribution in [0.3, 0.4) is 0 Å². The van der Waals surface area contributed by atoms with E-state index in [2.05, 4.69) is 5.32 Å². The summed E-state index contributed by atoms with van der Waals surface area (Å²) in [6.07, 6.45) is 0. The summed E-state index contributed by atoms with van der Waals surface area (Å²) in [5.41, 5.74) is 0. The van der Waals surface area contributed by atoms with E-state index in [9.17, 15) is 13.2 Å². The van der Waals surface area contributed by atoms with Crippen LogP contribution in [0.5, 0.6) is 0 Å². The molecule has 0 spiro atoms. The maximum absolute atomic E-state index is 12.6. The Hall–Kier alpha value is -0.570. The van der Waals surface area contributed by atoms with Gasteiger partial charge >= 0.3 is 0 Å². The van der Waals surface area contributed by atoms with Crippen molar-refractivity contribution >= 4 is 51.5 Å². The van der Waals surface area contributed by atoms with Gasteiger partial charge in [-0.3, -0.25) is 4.79 Å². The number of halogens is 3. The minimum Gasteiger partial charge on any atom is -0.340 e. The first-order valence-electron chi connectivity index (χ1n) is 7.34. The van der Waals surface area contributed by atoms with Gasteiger partial charge in [-0.1, -0.05) is 23.2 Å². The maximum Gasteiger partial charge on any atom is 0.243 e. The first-order valence-corrected chi connectivity index (χ1v) is 9.54. The second-order valence-electron chi connectivity index (χ2n) is 5.66. The molecule has 0 saturated carbocycles. The lowest BCUT2D eigenvalue weighted by Crippen LogP contribution is -2.57. The molecule has 0 bridgehead atoms. The van der Waals surface area contributed by atoms with E-state index in [1.165, 1.54) is 22.5 Å². The van der Waals surface area contributed by atoms with Crippen LogP contribution in [0.25, 0.3) is 0 Å². The summed E-state index contributed by atoms with van der Waals surface area (Å²) < 4.78 is 26.7. The van der Waals surface area contributed by atoms with Crippen LogP contribution in [0, 0.1) is 5.92 Å². The third kappa shape index (κ3) is 3.81. The average molecular weight is 415 g/mol. The smallest absolute Gasteiger partial charge is 0.243 e. The molecule has 1 N–H and O–H groups in total. The Morgan fingerprint density at radius 1 is 1.08 bits per heavy atom. The normalized spacial score (nSPS) is 19.5.